The number of para-hydroxylation sites is 1. The van der Waals surface area contributed by atoms with E-state index in [0.29, 0.717) is 5.56 Å². The number of carboxylic acid groups (broad SMARTS) is 1. The fraction of sp³-hybridized carbons (Fsp3) is 0.0667. The molecule has 2 rings (SSSR count). The third-order valence-corrected chi connectivity index (χ3v) is 3.19. The van der Waals surface area contributed by atoms with E-state index in [2.05, 4.69) is 5.32 Å². The minimum atomic E-state index is -1.10. The molecule has 1 amide bonds. The molecule has 4 nitrogen and oxygen atoms in total. The number of amides is 1. The minimum Gasteiger partial charge on any atom is -0.478 e. The largest absolute Gasteiger partial charge is 0.478 e. The summed E-state index contributed by atoms with van der Waals surface area (Å²) >= 11 is 6.08. The van der Waals surface area contributed by atoms with Crippen LogP contribution < -0.4 is 5.32 Å². The third kappa shape index (κ3) is 3.16. The smallest absolute Gasteiger partial charge is 0.337 e. The van der Waals surface area contributed by atoms with Crippen LogP contribution in [0.25, 0.3) is 0 Å². The molecule has 0 fully saturated rings. The zero-order valence-corrected chi connectivity index (χ0v) is 11.2. The molecule has 0 heterocycles. The summed E-state index contributed by atoms with van der Waals surface area (Å²) in [6.45, 7) is 0. The molecule has 0 saturated carbocycles. The van der Waals surface area contributed by atoms with Crippen molar-refractivity contribution in [2.24, 2.45) is 0 Å². The van der Waals surface area contributed by atoms with Crippen molar-refractivity contribution in [2.45, 2.75) is 5.38 Å². The van der Waals surface area contributed by atoms with Gasteiger partial charge >= 0.3 is 5.97 Å². The van der Waals surface area contributed by atoms with Crippen LogP contribution in [0.15, 0.2) is 54.6 Å². The fourth-order valence-electron chi connectivity index (χ4n) is 1.75. The zero-order valence-electron chi connectivity index (χ0n) is 10.4. The first-order chi connectivity index (χ1) is 9.59. The van der Waals surface area contributed by atoms with Crippen molar-refractivity contribution in [3.63, 3.8) is 0 Å². The number of carbonyl (C=O) groups is 2. The third-order valence-electron chi connectivity index (χ3n) is 2.74. The SMILES string of the molecule is O=C(O)c1ccccc1NC(=O)[C@H](Cl)c1ccccc1. The minimum absolute atomic E-state index is 0.0257. The molecule has 0 aliphatic carbocycles. The van der Waals surface area contributed by atoms with Gasteiger partial charge in [-0.05, 0) is 17.7 Å². The number of halogens is 1. The van der Waals surface area contributed by atoms with Crippen molar-refractivity contribution in [2.75, 3.05) is 5.32 Å². The average Bonchev–Trinajstić information content (AvgIpc) is 2.47. The first-order valence-electron chi connectivity index (χ1n) is 5.92. The summed E-state index contributed by atoms with van der Waals surface area (Å²) in [5.41, 5.74) is 0.906. The van der Waals surface area contributed by atoms with Gasteiger partial charge in [0.15, 0.2) is 0 Å². The predicted octanol–water partition coefficient (Wildman–Crippen LogP) is 3.30. The lowest BCUT2D eigenvalue weighted by molar-refractivity contribution is -0.116. The number of alkyl halides is 1. The Bertz CT molecular complexity index is 628. The van der Waals surface area contributed by atoms with E-state index in [1.165, 1.54) is 12.1 Å². The first-order valence-corrected chi connectivity index (χ1v) is 6.35. The highest BCUT2D eigenvalue weighted by atomic mass is 35.5. The molecule has 0 spiro atoms. The van der Waals surface area contributed by atoms with Crippen LogP contribution in [-0.2, 0) is 4.79 Å². The molecule has 0 radical (unpaired) electrons. The van der Waals surface area contributed by atoms with Gasteiger partial charge in [-0.15, -0.1) is 11.6 Å². The molecule has 2 aromatic rings. The van der Waals surface area contributed by atoms with Crippen LogP contribution in [0, 0.1) is 0 Å². The number of hydrogen-bond donors (Lipinski definition) is 2. The van der Waals surface area contributed by atoms with E-state index in [9.17, 15) is 9.59 Å². The van der Waals surface area contributed by atoms with Gasteiger partial charge in [-0.3, -0.25) is 4.79 Å². The van der Waals surface area contributed by atoms with E-state index >= 15 is 0 Å². The second-order valence-corrected chi connectivity index (χ2v) is 4.55. The molecule has 5 heteroatoms. The van der Waals surface area contributed by atoms with Crippen LogP contribution in [0.3, 0.4) is 0 Å². The van der Waals surface area contributed by atoms with Gasteiger partial charge in [0.05, 0.1) is 11.3 Å². The number of hydrogen-bond acceptors (Lipinski definition) is 2. The van der Waals surface area contributed by atoms with Crippen LogP contribution in [0.4, 0.5) is 5.69 Å². The Morgan fingerprint density at radius 3 is 2.25 bits per heavy atom. The molecular formula is C15H12ClNO3. The van der Waals surface area contributed by atoms with Crippen LogP contribution in [-0.4, -0.2) is 17.0 Å². The Kier molecular flexibility index (Phi) is 4.38. The Balaban J connectivity index is 2.18. The van der Waals surface area contributed by atoms with Crippen molar-refractivity contribution in [3.8, 4) is 0 Å². The molecule has 102 valence electrons. The number of anilines is 1. The molecule has 20 heavy (non-hydrogen) atoms. The molecule has 0 aromatic heterocycles. The maximum atomic E-state index is 12.1. The highest BCUT2D eigenvalue weighted by Crippen LogP contribution is 2.23. The van der Waals surface area contributed by atoms with Crippen molar-refractivity contribution in [3.05, 3.63) is 65.7 Å². The Labute approximate surface area is 121 Å². The fourth-order valence-corrected chi connectivity index (χ4v) is 1.95. The van der Waals surface area contributed by atoms with E-state index < -0.39 is 17.3 Å². The summed E-state index contributed by atoms with van der Waals surface area (Å²) in [6.07, 6.45) is 0. The number of rotatable bonds is 4. The standard InChI is InChI=1S/C15H12ClNO3/c16-13(10-6-2-1-3-7-10)14(18)17-12-9-5-4-8-11(12)15(19)20/h1-9,13H,(H,17,18)(H,19,20)/t13-/m1/s1. The van der Waals surface area contributed by atoms with Crippen molar-refractivity contribution in [1.29, 1.82) is 0 Å². The van der Waals surface area contributed by atoms with Gasteiger partial charge in [-0.1, -0.05) is 42.5 Å². The second kappa shape index (κ2) is 6.21. The summed E-state index contributed by atoms with van der Waals surface area (Å²) in [6, 6.07) is 15.0. The van der Waals surface area contributed by atoms with Gasteiger partial charge in [-0.2, -0.15) is 0 Å². The molecule has 0 saturated heterocycles. The lowest BCUT2D eigenvalue weighted by Gasteiger charge is -2.12. The van der Waals surface area contributed by atoms with E-state index in [-0.39, 0.29) is 11.3 Å². The van der Waals surface area contributed by atoms with Crippen LogP contribution in [0.5, 0.6) is 0 Å². The van der Waals surface area contributed by atoms with Gasteiger partial charge in [0.2, 0.25) is 5.91 Å². The predicted molar refractivity (Wildman–Crippen MR) is 77.1 cm³/mol. The molecule has 0 bridgehead atoms. The summed E-state index contributed by atoms with van der Waals surface area (Å²) in [5.74, 6) is -1.57. The topological polar surface area (TPSA) is 66.4 Å². The van der Waals surface area contributed by atoms with Gasteiger partial charge in [0.25, 0.3) is 0 Å². The summed E-state index contributed by atoms with van der Waals surface area (Å²) < 4.78 is 0. The molecule has 2 N–H and O–H groups in total. The Morgan fingerprint density at radius 1 is 1.00 bits per heavy atom. The Hall–Kier alpha value is -2.33. The monoisotopic (exact) mass is 289 g/mol. The summed E-state index contributed by atoms with van der Waals surface area (Å²) in [4.78, 5) is 23.1. The molecule has 0 aliphatic rings. The molecule has 1 atom stereocenters. The number of benzene rings is 2. The van der Waals surface area contributed by atoms with Crippen molar-refractivity contribution in [1.82, 2.24) is 0 Å². The van der Waals surface area contributed by atoms with E-state index in [1.807, 2.05) is 6.07 Å². The highest BCUT2D eigenvalue weighted by Gasteiger charge is 2.19. The second-order valence-electron chi connectivity index (χ2n) is 4.11. The van der Waals surface area contributed by atoms with E-state index in [0.717, 1.165) is 0 Å². The first kappa shape index (κ1) is 14.1. The number of nitrogens with one attached hydrogen (secondary N) is 1. The lowest BCUT2D eigenvalue weighted by atomic mass is 10.1. The van der Waals surface area contributed by atoms with Crippen molar-refractivity contribution >= 4 is 29.2 Å². The maximum Gasteiger partial charge on any atom is 0.337 e. The van der Waals surface area contributed by atoms with Crippen molar-refractivity contribution < 1.29 is 14.7 Å². The van der Waals surface area contributed by atoms with E-state index in [4.69, 9.17) is 16.7 Å². The van der Waals surface area contributed by atoms with Gasteiger partial charge in [0, 0.05) is 0 Å². The van der Waals surface area contributed by atoms with Gasteiger partial charge in [-0.25, -0.2) is 4.79 Å². The maximum absolute atomic E-state index is 12.1. The zero-order chi connectivity index (χ0) is 14.5. The van der Waals surface area contributed by atoms with Crippen LogP contribution in [0.2, 0.25) is 0 Å². The normalized spacial score (nSPS) is 11.7. The average molecular weight is 290 g/mol. The van der Waals surface area contributed by atoms with Crippen LogP contribution in [0.1, 0.15) is 21.3 Å². The van der Waals surface area contributed by atoms with Gasteiger partial charge < -0.3 is 10.4 Å². The molecule has 0 aliphatic heterocycles. The summed E-state index contributed by atoms with van der Waals surface area (Å²) in [5, 5.41) is 10.7. The number of carboxylic acids is 1. The molecular weight excluding hydrogens is 278 g/mol. The number of carbonyl (C=O) groups excluding carboxylic acids is 1. The Morgan fingerprint density at radius 2 is 1.60 bits per heavy atom. The van der Waals surface area contributed by atoms with Crippen LogP contribution >= 0.6 is 11.6 Å². The highest BCUT2D eigenvalue weighted by molar-refractivity contribution is 6.32. The van der Waals surface area contributed by atoms with E-state index in [1.54, 1.807) is 36.4 Å². The number of aromatic carboxylic acids is 1. The summed E-state index contributed by atoms with van der Waals surface area (Å²) in [7, 11) is 0. The molecule has 2 aromatic carbocycles. The lowest BCUT2D eigenvalue weighted by Crippen LogP contribution is -2.19. The quantitative estimate of drug-likeness (QED) is 0.849. The van der Waals surface area contributed by atoms with Gasteiger partial charge in [0.1, 0.15) is 5.38 Å². The molecule has 0 unspecified atom stereocenters.